The highest BCUT2D eigenvalue weighted by molar-refractivity contribution is 5.75. The van der Waals surface area contributed by atoms with Gasteiger partial charge in [-0.2, -0.15) is 0 Å². The van der Waals surface area contributed by atoms with E-state index >= 15 is 0 Å². The molecule has 0 bridgehead atoms. The molecule has 1 N–H and O–H groups in total. The lowest BCUT2D eigenvalue weighted by Gasteiger charge is -1.98. The summed E-state index contributed by atoms with van der Waals surface area (Å²) in [6.07, 6.45) is 1.71. The van der Waals surface area contributed by atoms with Gasteiger partial charge in [0, 0.05) is 0 Å². The zero-order chi connectivity index (χ0) is 4.99. The SMILES string of the molecule is CCC(O)CC.[MgH2]. The predicted molar refractivity (Wildman–Crippen MR) is 35.1 cm³/mol. The van der Waals surface area contributed by atoms with Gasteiger partial charge in [0.15, 0.2) is 0 Å². The molecule has 0 aliphatic carbocycles. The zero-order valence-corrected chi connectivity index (χ0v) is 4.44. The molecule has 0 rings (SSSR count). The Kier molecular flexibility index (Phi) is 10.2. The Labute approximate surface area is 61.3 Å². The second-order valence-corrected chi connectivity index (χ2v) is 1.47. The molecule has 0 amide bonds. The lowest BCUT2D eigenvalue weighted by atomic mass is 10.2. The molecule has 0 saturated carbocycles. The van der Waals surface area contributed by atoms with E-state index < -0.39 is 0 Å². The first-order valence-corrected chi connectivity index (χ1v) is 2.49. The van der Waals surface area contributed by atoms with Crippen LogP contribution in [0.1, 0.15) is 26.7 Å². The third kappa shape index (κ3) is 6.73. The number of aliphatic hydroxyl groups excluding tert-OH is 1. The molecule has 0 heterocycles. The lowest BCUT2D eigenvalue weighted by molar-refractivity contribution is 0.166. The van der Waals surface area contributed by atoms with Crippen molar-refractivity contribution >= 4 is 23.1 Å². The highest BCUT2D eigenvalue weighted by Crippen LogP contribution is 1.91. The van der Waals surface area contributed by atoms with E-state index in [-0.39, 0.29) is 29.2 Å². The van der Waals surface area contributed by atoms with Gasteiger partial charge in [0.2, 0.25) is 0 Å². The first-order chi connectivity index (χ1) is 2.81. The molecule has 0 aromatic rings. The summed E-state index contributed by atoms with van der Waals surface area (Å²) in [5.74, 6) is 0. The monoisotopic (exact) mass is 114 g/mol. The lowest BCUT2D eigenvalue weighted by Crippen LogP contribution is -1.99. The van der Waals surface area contributed by atoms with E-state index in [2.05, 4.69) is 0 Å². The fraction of sp³-hybridized carbons (Fsp3) is 1.00. The van der Waals surface area contributed by atoms with Crippen LogP contribution in [0.25, 0.3) is 0 Å². The van der Waals surface area contributed by atoms with Gasteiger partial charge in [-0.15, -0.1) is 0 Å². The van der Waals surface area contributed by atoms with E-state index in [1.807, 2.05) is 13.8 Å². The van der Waals surface area contributed by atoms with Crippen LogP contribution in [0.5, 0.6) is 0 Å². The summed E-state index contributed by atoms with van der Waals surface area (Å²) in [4.78, 5) is 0. The highest BCUT2D eigenvalue weighted by Gasteiger charge is 1.90. The molecular formula is C5H14MgO. The number of aliphatic hydroxyl groups is 1. The van der Waals surface area contributed by atoms with E-state index in [1.54, 1.807) is 0 Å². The van der Waals surface area contributed by atoms with Gasteiger partial charge in [-0.05, 0) is 12.8 Å². The third-order valence-corrected chi connectivity index (χ3v) is 0.942. The fourth-order valence-electron chi connectivity index (χ4n) is 0.289. The molecule has 0 radical (unpaired) electrons. The van der Waals surface area contributed by atoms with Gasteiger partial charge >= 0.3 is 23.1 Å². The van der Waals surface area contributed by atoms with Gasteiger partial charge in [-0.25, -0.2) is 0 Å². The van der Waals surface area contributed by atoms with Crippen molar-refractivity contribution in [3.63, 3.8) is 0 Å². The average Bonchev–Trinajstić information content (AvgIpc) is 1.65. The van der Waals surface area contributed by atoms with Gasteiger partial charge in [0.1, 0.15) is 0 Å². The van der Waals surface area contributed by atoms with Gasteiger partial charge < -0.3 is 5.11 Å². The molecule has 0 unspecified atom stereocenters. The Bertz CT molecular complexity index is 27.3. The fourth-order valence-corrected chi connectivity index (χ4v) is 0.289. The Balaban J connectivity index is 0. The zero-order valence-electron chi connectivity index (χ0n) is 4.44. The predicted octanol–water partition coefficient (Wildman–Crippen LogP) is 0.251. The topological polar surface area (TPSA) is 20.2 Å². The van der Waals surface area contributed by atoms with Crippen LogP contribution < -0.4 is 0 Å². The van der Waals surface area contributed by atoms with E-state index in [4.69, 9.17) is 5.11 Å². The Hall–Kier alpha value is 0.726. The highest BCUT2D eigenvalue weighted by atomic mass is 24.3. The molecule has 0 fully saturated rings. The number of hydrogen-bond acceptors (Lipinski definition) is 1. The molecule has 0 aromatic heterocycles. The first-order valence-electron chi connectivity index (χ1n) is 2.49. The molecule has 1 nitrogen and oxygen atoms in total. The van der Waals surface area contributed by atoms with Crippen LogP contribution in [-0.2, 0) is 0 Å². The van der Waals surface area contributed by atoms with Crippen molar-refractivity contribution in [2.24, 2.45) is 0 Å². The van der Waals surface area contributed by atoms with Gasteiger partial charge in [0.25, 0.3) is 0 Å². The summed E-state index contributed by atoms with van der Waals surface area (Å²) in [7, 11) is 0. The van der Waals surface area contributed by atoms with Gasteiger partial charge in [0.05, 0.1) is 6.10 Å². The van der Waals surface area contributed by atoms with Crippen molar-refractivity contribution in [1.29, 1.82) is 0 Å². The average molecular weight is 114 g/mol. The standard InChI is InChI=1S/C5H12O.Mg.2H/c1-3-5(6)4-2;;;/h5-6H,3-4H2,1-2H3;;;. The first kappa shape index (κ1) is 10.7. The maximum atomic E-state index is 8.67. The Morgan fingerprint density at radius 1 is 1.29 bits per heavy atom. The maximum absolute atomic E-state index is 8.67. The van der Waals surface area contributed by atoms with Crippen LogP contribution in [0.3, 0.4) is 0 Å². The van der Waals surface area contributed by atoms with E-state index in [1.165, 1.54) is 0 Å². The summed E-state index contributed by atoms with van der Waals surface area (Å²) >= 11 is 0. The van der Waals surface area contributed by atoms with Crippen molar-refractivity contribution in [3.05, 3.63) is 0 Å². The van der Waals surface area contributed by atoms with Crippen LogP contribution in [0, 0.1) is 0 Å². The summed E-state index contributed by atoms with van der Waals surface area (Å²) in [5.41, 5.74) is 0. The third-order valence-electron chi connectivity index (χ3n) is 0.942. The van der Waals surface area contributed by atoms with Crippen LogP contribution in [0.4, 0.5) is 0 Å². The summed E-state index contributed by atoms with van der Waals surface area (Å²) in [5, 5.41) is 8.67. The van der Waals surface area contributed by atoms with Crippen LogP contribution in [0.15, 0.2) is 0 Å². The van der Waals surface area contributed by atoms with Gasteiger partial charge in [-0.1, -0.05) is 13.8 Å². The smallest absolute Gasteiger partial charge is 0.316 e. The van der Waals surface area contributed by atoms with Crippen molar-refractivity contribution in [2.45, 2.75) is 32.8 Å². The number of rotatable bonds is 2. The van der Waals surface area contributed by atoms with Crippen LogP contribution in [-0.4, -0.2) is 34.3 Å². The largest absolute Gasteiger partial charge is 0.393 e. The second-order valence-electron chi connectivity index (χ2n) is 1.47. The van der Waals surface area contributed by atoms with E-state index in [0.29, 0.717) is 0 Å². The van der Waals surface area contributed by atoms with Crippen LogP contribution >= 0.6 is 0 Å². The van der Waals surface area contributed by atoms with E-state index in [0.717, 1.165) is 12.8 Å². The molecule has 42 valence electrons. The molecule has 2 heteroatoms. The summed E-state index contributed by atoms with van der Waals surface area (Å²) < 4.78 is 0. The van der Waals surface area contributed by atoms with Gasteiger partial charge in [-0.3, -0.25) is 0 Å². The Morgan fingerprint density at radius 2 is 1.57 bits per heavy atom. The van der Waals surface area contributed by atoms with Crippen molar-refractivity contribution in [2.75, 3.05) is 0 Å². The molecule has 0 aliphatic rings. The van der Waals surface area contributed by atoms with Crippen molar-refractivity contribution in [3.8, 4) is 0 Å². The molecule has 0 aromatic carbocycles. The minimum Gasteiger partial charge on any atom is -0.393 e. The van der Waals surface area contributed by atoms with Crippen LogP contribution in [0.2, 0.25) is 0 Å². The van der Waals surface area contributed by atoms with Crippen molar-refractivity contribution < 1.29 is 5.11 Å². The van der Waals surface area contributed by atoms with E-state index in [9.17, 15) is 0 Å². The second kappa shape index (κ2) is 6.73. The Morgan fingerprint density at radius 3 is 1.57 bits per heavy atom. The molecule has 0 spiro atoms. The minimum absolute atomic E-state index is 0. The maximum Gasteiger partial charge on any atom is 0.316 e. The quantitative estimate of drug-likeness (QED) is 0.511. The summed E-state index contributed by atoms with van der Waals surface area (Å²) in [6.45, 7) is 3.96. The number of hydrogen-bond donors (Lipinski definition) is 1. The summed E-state index contributed by atoms with van der Waals surface area (Å²) in [6, 6.07) is 0. The molecule has 7 heavy (non-hydrogen) atoms. The molecule has 0 saturated heterocycles. The molecule has 0 aliphatic heterocycles. The normalized spacial score (nSPS) is 8.57. The molecular weight excluding hydrogens is 100 g/mol. The molecule has 0 atom stereocenters. The minimum atomic E-state index is -0.0648. The van der Waals surface area contributed by atoms with Crippen molar-refractivity contribution in [1.82, 2.24) is 0 Å².